The summed E-state index contributed by atoms with van der Waals surface area (Å²) in [7, 11) is -2.90. The van der Waals surface area contributed by atoms with E-state index in [0.717, 1.165) is 16.4 Å². The van der Waals surface area contributed by atoms with Crippen LogP contribution < -0.4 is 0 Å². The lowest BCUT2D eigenvalue weighted by Gasteiger charge is -2.07. The molecule has 2 aliphatic rings. The minimum Gasteiger partial charge on any atom is -0.320 e. The molecule has 0 N–H and O–H groups in total. The molecular weight excluding hydrogens is 316 g/mol. The van der Waals surface area contributed by atoms with Gasteiger partial charge in [0.1, 0.15) is 0 Å². The number of thioether (sulfide) groups is 1. The van der Waals surface area contributed by atoms with Crippen molar-refractivity contribution in [2.75, 3.05) is 11.5 Å². The van der Waals surface area contributed by atoms with E-state index in [9.17, 15) is 8.42 Å². The summed E-state index contributed by atoms with van der Waals surface area (Å²) in [5.74, 6) is 0.496. The van der Waals surface area contributed by atoms with Crippen LogP contribution in [0, 0.1) is 0 Å². The van der Waals surface area contributed by atoms with Gasteiger partial charge in [-0.1, -0.05) is 35.5 Å². The van der Waals surface area contributed by atoms with Gasteiger partial charge in [-0.3, -0.25) is 0 Å². The van der Waals surface area contributed by atoms with Crippen LogP contribution >= 0.6 is 23.4 Å². The summed E-state index contributed by atoms with van der Waals surface area (Å²) in [6.45, 7) is 0. The molecule has 3 heterocycles. The van der Waals surface area contributed by atoms with Crippen molar-refractivity contribution < 1.29 is 8.42 Å². The monoisotopic (exact) mass is 326 g/mol. The van der Waals surface area contributed by atoms with Crippen molar-refractivity contribution in [3.63, 3.8) is 0 Å². The second-order valence-electron chi connectivity index (χ2n) is 5.12. The first-order chi connectivity index (χ1) is 9.52. The second kappa shape index (κ2) is 4.26. The number of rotatable bonds is 1. The molecule has 1 saturated heterocycles. The van der Waals surface area contributed by atoms with Crippen LogP contribution in [0.5, 0.6) is 0 Å². The Bertz CT molecular complexity index is 783. The summed E-state index contributed by atoms with van der Waals surface area (Å²) in [5.41, 5.74) is 1.86. The van der Waals surface area contributed by atoms with E-state index in [0.29, 0.717) is 5.02 Å². The van der Waals surface area contributed by atoms with Crippen LogP contribution in [0.4, 0.5) is 0 Å². The Morgan fingerprint density at radius 2 is 2.00 bits per heavy atom. The van der Waals surface area contributed by atoms with Crippen LogP contribution in [-0.4, -0.2) is 34.7 Å². The highest BCUT2D eigenvalue weighted by Gasteiger charge is 2.45. The third-order valence-electron chi connectivity index (χ3n) is 3.72. The Kier molecular flexibility index (Phi) is 2.71. The van der Waals surface area contributed by atoms with Crippen LogP contribution in [-0.2, 0) is 9.84 Å². The fourth-order valence-electron chi connectivity index (χ4n) is 2.77. The Labute approximate surface area is 126 Å². The number of hydrogen-bond donors (Lipinski definition) is 0. The molecule has 0 spiro atoms. The van der Waals surface area contributed by atoms with E-state index in [-0.39, 0.29) is 22.8 Å². The lowest BCUT2D eigenvalue weighted by atomic mass is 10.2. The minimum absolute atomic E-state index is 0.0357. The van der Waals surface area contributed by atoms with Gasteiger partial charge >= 0.3 is 0 Å². The van der Waals surface area contributed by atoms with Gasteiger partial charge in [-0.15, -0.1) is 0 Å². The van der Waals surface area contributed by atoms with Gasteiger partial charge in [-0.05, 0) is 12.1 Å². The normalized spacial score (nSPS) is 26.4. The van der Waals surface area contributed by atoms with Gasteiger partial charge < -0.3 is 4.57 Å². The van der Waals surface area contributed by atoms with E-state index in [4.69, 9.17) is 11.6 Å². The molecule has 2 atom stereocenters. The predicted octanol–water partition coefficient (Wildman–Crippen LogP) is 2.65. The van der Waals surface area contributed by atoms with E-state index in [1.54, 1.807) is 11.8 Å². The van der Waals surface area contributed by atoms with Crippen molar-refractivity contribution in [2.45, 2.75) is 16.4 Å². The lowest BCUT2D eigenvalue weighted by Crippen LogP contribution is -2.11. The smallest absolute Gasteiger partial charge is 0.169 e. The van der Waals surface area contributed by atoms with Crippen molar-refractivity contribution >= 4 is 33.2 Å². The van der Waals surface area contributed by atoms with Crippen molar-refractivity contribution in [2.24, 2.45) is 0 Å². The van der Waals surface area contributed by atoms with Gasteiger partial charge in [0, 0.05) is 22.0 Å². The first-order valence-corrected chi connectivity index (χ1v) is 9.32. The molecule has 0 saturated carbocycles. The van der Waals surface area contributed by atoms with Crippen molar-refractivity contribution in [1.82, 2.24) is 9.55 Å². The molecule has 0 unspecified atom stereocenters. The van der Waals surface area contributed by atoms with Crippen LogP contribution in [0.15, 0.2) is 35.6 Å². The van der Waals surface area contributed by atoms with Crippen LogP contribution in [0.2, 0.25) is 5.02 Å². The fourth-order valence-corrected chi connectivity index (χ4v) is 6.80. The maximum Gasteiger partial charge on any atom is 0.169 e. The van der Waals surface area contributed by atoms with Crippen LogP contribution in [0.25, 0.3) is 11.3 Å². The SMILES string of the molecule is O=S1(=O)C[C@H]2Sc3nc(-c4ccc(Cl)cc4)cn3[C@H]2C1. The molecule has 7 heteroatoms. The summed E-state index contributed by atoms with van der Waals surface area (Å²) in [5, 5.41) is 1.73. The van der Waals surface area contributed by atoms with E-state index < -0.39 is 9.84 Å². The molecule has 0 radical (unpaired) electrons. The number of aromatic nitrogens is 2. The quantitative estimate of drug-likeness (QED) is 0.808. The first-order valence-electron chi connectivity index (χ1n) is 6.24. The zero-order valence-corrected chi connectivity index (χ0v) is 12.7. The molecule has 1 aromatic carbocycles. The van der Waals surface area contributed by atoms with Crippen molar-refractivity contribution in [3.8, 4) is 11.3 Å². The molecule has 0 amide bonds. The zero-order valence-electron chi connectivity index (χ0n) is 10.4. The van der Waals surface area contributed by atoms with Gasteiger partial charge in [0.05, 0.1) is 23.2 Å². The summed E-state index contributed by atoms with van der Waals surface area (Å²) >= 11 is 7.46. The van der Waals surface area contributed by atoms with Gasteiger partial charge in [0.2, 0.25) is 0 Å². The molecular formula is C13H11ClN2O2S2. The third kappa shape index (κ3) is 1.98. The zero-order chi connectivity index (χ0) is 13.9. The summed E-state index contributed by atoms with van der Waals surface area (Å²) < 4.78 is 25.4. The summed E-state index contributed by atoms with van der Waals surface area (Å²) in [6, 6.07) is 7.55. The van der Waals surface area contributed by atoms with E-state index >= 15 is 0 Å². The molecule has 0 aliphatic carbocycles. The Balaban J connectivity index is 1.72. The number of benzene rings is 1. The van der Waals surface area contributed by atoms with Gasteiger partial charge in [0.25, 0.3) is 0 Å². The Morgan fingerprint density at radius 3 is 2.75 bits per heavy atom. The minimum atomic E-state index is -2.90. The molecule has 4 rings (SSSR count). The van der Waals surface area contributed by atoms with Gasteiger partial charge in [-0.2, -0.15) is 0 Å². The Hall–Kier alpha value is -0.980. The second-order valence-corrected chi connectivity index (χ2v) is 8.92. The van der Waals surface area contributed by atoms with E-state index in [1.165, 1.54) is 0 Å². The summed E-state index contributed by atoms with van der Waals surface area (Å²) in [4.78, 5) is 4.61. The number of imidazole rings is 1. The summed E-state index contributed by atoms with van der Waals surface area (Å²) in [6.07, 6.45) is 1.96. The highest BCUT2D eigenvalue weighted by atomic mass is 35.5. The highest BCUT2D eigenvalue weighted by molar-refractivity contribution is 8.02. The lowest BCUT2D eigenvalue weighted by molar-refractivity contribution is 0.550. The number of hydrogen-bond acceptors (Lipinski definition) is 4. The molecule has 20 heavy (non-hydrogen) atoms. The van der Waals surface area contributed by atoms with Gasteiger partial charge in [-0.25, -0.2) is 13.4 Å². The van der Waals surface area contributed by atoms with Crippen molar-refractivity contribution in [1.29, 1.82) is 0 Å². The molecule has 1 fully saturated rings. The van der Waals surface area contributed by atoms with Crippen LogP contribution in [0.3, 0.4) is 0 Å². The number of fused-ring (bicyclic) bond motifs is 3. The average molecular weight is 327 g/mol. The van der Waals surface area contributed by atoms with E-state index in [1.807, 2.05) is 35.0 Å². The molecule has 0 bridgehead atoms. The van der Waals surface area contributed by atoms with Crippen molar-refractivity contribution in [3.05, 3.63) is 35.5 Å². The number of nitrogens with zero attached hydrogens (tertiary/aromatic N) is 2. The van der Waals surface area contributed by atoms with E-state index in [2.05, 4.69) is 4.98 Å². The first kappa shape index (κ1) is 12.7. The molecule has 1 aromatic heterocycles. The highest BCUT2D eigenvalue weighted by Crippen LogP contribution is 2.45. The van der Waals surface area contributed by atoms with Gasteiger partial charge in [0.15, 0.2) is 15.0 Å². The maximum atomic E-state index is 11.7. The standard InChI is InChI=1S/C13H11ClN2O2S2/c14-9-3-1-8(2-4-9)10-5-16-11-6-20(17,18)7-12(11)19-13(16)15-10/h1-5,11-12H,6-7H2/t11-,12+/m0/s1. The molecule has 104 valence electrons. The molecule has 2 aliphatic heterocycles. The predicted molar refractivity (Wildman–Crippen MR) is 80.0 cm³/mol. The average Bonchev–Trinajstić information content (AvgIpc) is 2.98. The fraction of sp³-hybridized carbons (Fsp3) is 0.308. The Morgan fingerprint density at radius 1 is 1.25 bits per heavy atom. The molecule has 4 nitrogen and oxygen atoms in total. The number of sulfone groups is 1. The maximum absolute atomic E-state index is 11.7. The third-order valence-corrected chi connectivity index (χ3v) is 7.20. The topological polar surface area (TPSA) is 52.0 Å². The molecule has 2 aromatic rings. The van der Waals surface area contributed by atoms with Crippen LogP contribution in [0.1, 0.15) is 6.04 Å². The number of halogens is 1. The largest absolute Gasteiger partial charge is 0.320 e.